The van der Waals surface area contributed by atoms with Gasteiger partial charge in [0.1, 0.15) is 47.4 Å². The van der Waals surface area contributed by atoms with Crippen LogP contribution in [0.2, 0.25) is 0 Å². The van der Waals surface area contributed by atoms with E-state index in [4.69, 9.17) is 9.47 Å². The standard InChI is InChI=1S/C36H28O15/c37-11-22-29(41)32(44)33(45)36(51-22)50-21-6-2-4-15-24(17-8-13(35(48)49)10-20(40)27(17)31(43)28(15)21)23-14-3-1-5-18(38)25(14)30(42)26-16(23)7-12(34(46)47)9-19(26)39/h1-10,22-24,29,32-33,36-41,44-45H,11H2,(H,46,47)(H,48,49)/t22-,23-,24+,29+,32+,33-,36+/m0/s1. The summed E-state index contributed by atoms with van der Waals surface area (Å²) < 4.78 is 11.4. The number of rotatable bonds is 6. The molecule has 7 atom stereocenters. The Morgan fingerprint density at radius 2 is 1.12 bits per heavy atom. The molecule has 2 aliphatic carbocycles. The molecule has 4 aromatic rings. The fraction of sp³-hybridized carbons (Fsp3) is 0.222. The Kier molecular flexibility index (Phi) is 8.04. The van der Waals surface area contributed by atoms with Crippen LogP contribution in [0, 0.1) is 0 Å². The van der Waals surface area contributed by atoms with E-state index in [1.165, 1.54) is 36.4 Å². The van der Waals surface area contributed by atoms with E-state index in [1.54, 1.807) is 0 Å². The summed E-state index contributed by atoms with van der Waals surface area (Å²) in [7, 11) is 0. The molecule has 0 amide bonds. The van der Waals surface area contributed by atoms with E-state index in [-0.39, 0.29) is 50.3 Å². The number of carbonyl (C=O) groups excluding carboxylic acids is 2. The van der Waals surface area contributed by atoms with Gasteiger partial charge in [-0.05, 0) is 58.7 Å². The van der Waals surface area contributed by atoms with Crippen molar-refractivity contribution in [2.75, 3.05) is 6.61 Å². The van der Waals surface area contributed by atoms with Crippen molar-refractivity contribution in [3.8, 4) is 23.0 Å². The highest BCUT2D eigenvalue weighted by Gasteiger charge is 2.48. The van der Waals surface area contributed by atoms with Gasteiger partial charge in [0.15, 0.2) is 0 Å². The quantitative estimate of drug-likeness (QED) is 0.138. The molecule has 51 heavy (non-hydrogen) atoms. The van der Waals surface area contributed by atoms with Crippen LogP contribution in [0.25, 0.3) is 0 Å². The lowest BCUT2D eigenvalue weighted by molar-refractivity contribution is -0.277. The van der Waals surface area contributed by atoms with Crippen molar-refractivity contribution in [1.82, 2.24) is 0 Å². The normalized spacial score (nSPS) is 24.9. The first kappa shape index (κ1) is 33.6. The largest absolute Gasteiger partial charge is 0.507 e. The number of aliphatic hydroxyl groups is 4. The molecule has 0 spiro atoms. The van der Waals surface area contributed by atoms with E-state index >= 15 is 0 Å². The summed E-state index contributed by atoms with van der Waals surface area (Å²) in [5.41, 5.74) is -1.98. The number of ether oxygens (including phenoxy) is 2. The SMILES string of the molecule is O=C(O)c1cc(O)c2c(c1)[C@@H]([C@H]1c3cc(C(=O)O)cc(O)c3C(=O)c3c(O[C@@H]4O[C@@H](CO)[C@@H](O)[C@@H](O)[C@@H]4O)cccc31)c1cccc(O)c1C2=O. The third-order valence-electron chi connectivity index (χ3n) is 9.60. The summed E-state index contributed by atoms with van der Waals surface area (Å²) in [6.07, 6.45) is -8.55. The molecule has 1 aliphatic heterocycles. The van der Waals surface area contributed by atoms with Gasteiger partial charge in [-0.15, -0.1) is 0 Å². The van der Waals surface area contributed by atoms with Crippen molar-refractivity contribution < 1.29 is 74.6 Å². The summed E-state index contributed by atoms with van der Waals surface area (Å²) in [6.45, 7) is -0.775. The maximum Gasteiger partial charge on any atom is 0.335 e. The Morgan fingerprint density at radius 1 is 0.627 bits per heavy atom. The van der Waals surface area contributed by atoms with Crippen LogP contribution < -0.4 is 4.74 Å². The highest BCUT2D eigenvalue weighted by Crippen LogP contribution is 2.56. The predicted molar refractivity (Wildman–Crippen MR) is 170 cm³/mol. The number of fused-ring (bicyclic) bond motifs is 4. The number of aromatic carboxylic acids is 2. The van der Waals surface area contributed by atoms with Crippen molar-refractivity contribution in [2.45, 2.75) is 42.5 Å². The first-order valence-electron chi connectivity index (χ1n) is 15.5. The number of carboxylic acids is 2. The van der Waals surface area contributed by atoms with E-state index in [0.717, 1.165) is 24.3 Å². The van der Waals surface area contributed by atoms with Gasteiger partial charge in [-0.25, -0.2) is 9.59 Å². The van der Waals surface area contributed by atoms with Crippen LogP contribution in [0.3, 0.4) is 0 Å². The molecular weight excluding hydrogens is 672 g/mol. The Hall–Kier alpha value is -5.84. The molecule has 0 radical (unpaired) electrons. The van der Waals surface area contributed by atoms with E-state index < -0.39 is 101 Å². The van der Waals surface area contributed by atoms with Crippen LogP contribution >= 0.6 is 0 Å². The topological polar surface area (TPSA) is 269 Å². The smallest absolute Gasteiger partial charge is 0.335 e. The third kappa shape index (κ3) is 5.09. The second-order valence-electron chi connectivity index (χ2n) is 12.4. The van der Waals surface area contributed by atoms with Crippen LogP contribution in [0.15, 0.2) is 60.7 Å². The highest BCUT2D eigenvalue weighted by atomic mass is 16.7. The van der Waals surface area contributed by atoms with Gasteiger partial charge >= 0.3 is 11.9 Å². The van der Waals surface area contributed by atoms with E-state index in [1.807, 2.05) is 0 Å². The minimum absolute atomic E-state index is 0.0489. The zero-order valence-electron chi connectivity index (χ0n) is 26.0. The second kappa shape index (κ2) is 12.2. The summed E-state index contributed by atoms with van der Waals surface area (Å²) in [5.74, 6) is -9.35. The van der Waals surface area contributed by atoms with Crippen LogP contribution in [0.5, 0.6) is 23.0 Å². The molecule has 262 valence electrons. The minimum atomic E-state index is -1.88. The van der Waals surface area contributed by atoms with Gasteiger partial charge in [0.25, 0.3) is 0 Å². The summed E-state index contributed by atoms with van der Waals surface area (Å²) >= 11 is 0. The summed E-state index contributed by atoms with van der Waals surface area (Å²) in [4.78, 5) is 52.6. The van der Waals surface area contributed by atoms with Crippen LogP contribution in [-0.4, -0.2) is 107 Å². The van der Waals surface area contributed by atoms with Gasteiger partial charge in [-0.2, -0.15) is 0 Å². The molecule has 0 aromatic heterocycles. The molecule has 0 unspecified atom stereocenters. The number of carbonyl (C=O) groups is 4. The van der Waals surface area contributed by atoms with Crippen molar-refractivity contribution in [3.63, 3.8) is 0 Å². The molecule has 1 heterocycles. The molecule has 1 fully saturated rings. The molecule has 15 heteroatoms. The Labute approximate surface area is 286 Å². The monoisotopic (exact) mass is 700 g/mol. The maximum absolute atomic E-state index is 14.4. The predicted octanol–water partition coefficient (Wildman–Crippen LogP) is 1.43. The third-order valence-corrected chi connectivity index (χ3v) is 9.60. The number of benzene rings is 4. The summed E-state index contributed by atoms with van der Waals surface area (Å²) in [6, 6.07) is 12.3. The van der Waals surface area contributed by atoms with Crippen LogP contribution in [0.4, 0.5) is 0 Å². The maximum atomic E-state index is 14.4. The van der Waals surface area contributed by atoms with Gasteiger partial charge in [-0.1, -0.05) is 24.3 Å². The molecule has 9 N–H and O–H groups in total. The molecule has 7 rings (SSSR count). The van der Waals surface area contributed by atoms with Gasteiger partial charge in [0, 0.05) is 11.8 Å². The lowest BCUT2D eigenvalue weighted by Crippen LogP contribution is -2.60. The number of aliphatic hydroxyl groups excluding tert-OH is 4. The van der Waals surface area contributed by atoms with Crippen molar-refractivity contribution >= 4 is 23.5 Å². The average molecular weight is 701 g/mol. The number of hydrogen-bond acceptors (Lipinski definition) is 13. The van der Waals surface area contributed by atoms with Crippen molar-refractivity contribution in [3.05, 3.63) is 116 Å². The molecule has 0 bridgehead atoms. The van der Waals surface area contributed by atoms with Crippen LogP contribution in [-0.2, 0) is 4.74 Å². The molecule has 15 nitrogen and oxygen atoms in total. The van der Waals surface area contributed by atoms with E-state index in [9.17, 15) is 65.1 Å². The average Bonchev–Trinajstić information content (AvgIpc) is 3.08. The first-order chi connectivity index (χ1) is 24.2. The Morgan fingerprint density at radius 3 is 1.65 bits per heavy atom. The Balaban J connectivity index is 1.52. The minimum Gasteiger partial charge on any atom is -0.507 e. The lowest BCUT2D eigenvalue weighted by Gasteiger charge is -2.41. The molecular formula is C36H28O15. The van der Waals surface area contributed by atoms with Gasteiger partial charge in [0.05, 0.1) is 40.0 Å². The number of phenols is 3. The molecule has 4 aromatic carbocycles. The van der Waals surface area contributed by atoms with Gasteiger partial charge in [0.2, 0.25) is 17.9 Å². The zero-order chi connectivity index (χ0) is 36.6. The first-order valence-corrected chi connectivity index (χ1v) is 15.5. The Bertz CT molecular complexity index is 2170. The highest BCUT2D eigenvalue weighted by molar-refractivity contribution is 6.18. The number of ketones is 2. The molecule has 1 saturated heterocycles. The number of phenolic OH excluding ortho intramolecular Hbond substituents is 3. The lowest BCUT2D eigenvalue weighted by atomic mass is 9.63. The van der Waals surface area contributed by atoms with Crippen molar-refractivity contribution in [1.29, 1.82) is 0 Å². The van der Waals surface area contributed by atoms with Crippen molar-refractivity contribution in [2.24, 2.45) is 0 Å². The van der Waals surface area contributed by atoms with E-state index in [0.29, 0.717) is 0 Å². The van der Waals surface area contributed by atoms with E-state index in [2.05, 4.69) is 0 Å². The number of aromatic hydroxyl groups is 3. The molecule has 0 saturated carbocycles. The second-order valence-corrected chi connectivity index (χ2v) is 12.4. The number of carboxylic acid groups (broad SMARTS) is 2. The van der Waals surface area contributed by atoms with Crippen LogP contribution in [0.1, 0.15) is 86.6 Å². The van der Waals surface area contributed by atoms with Gasteiger partial charge in [-0.3, -0.25) is 9.59 Å². The fourth-order valence-electron chi connectivity index (χ4n) is 7.34. The number of hydrogen-bond donors (Lipinski definition) is 9. The zero-order valence-corrected chi connectivity index (χ0v) is 26.0. The fourth-order valence-corrected chi connectivity index (χ4v) is 7.34. The van der Waals surface area contributed by atoms with Gasteiger partial charge < -0.3 is 55.4 Å². The summed E-state index contributed by atoms with van der Waals surface area (Å²) in [5, 5.41) is 94.1. The molecule has 3 aliphatic rings.